The van der Waals surface area contributed by atoms with Crippen molar-refractivity contribution in [3.63, 3.8) is 0 Å². The number of rotatable bonds is 5. The quantitative estimate of drug-likeness (QED) is 0.585. The van der Waals surface area contributed by atoms with Gasteiger partial charge in [0.05, 0.1) is 18.4 Å². The number of carbonyl (C=O) groups excluding carboxylic acids is 2. The van der Waals surface area contributed by atoms with E-state index in [1.54, 1.807) is 0 Å². The molecule has 1 aromatic carbocycles. The minimum atomic E-state index is -4.57. The van der Waals surface area contributed by atoms with Crippen LogP contribution >= 0.6 is 11.6 Å². The molecule has 11 heteroatoms. The predicted molar refractivity (Wildman–Crippen MR) is 88.2 cm³/mol. The van der Waals surface area contributed by atoms with Gasteiger partial charge in [-0.2, -0.15) is 13.2 Å². The summed E-state index contributed by atoms with van der Waals surface area (Å²) in [5.74, 6) is -2.58. The van der Waals surface area contributed by atoms with Crippen LogP contribution in [0.5, 0.6) is 11.6 Å². The van der Waals surface area contributed by atoms with Crippen molar-refractivity contribution in [2.24, 2.45) is 0 Å². The lowest BCUT2D eigenvalue weighted by molar-refractivity contribution is -0.154. The zero-order valence-electron chi connectivity index (χ0n) is 13.6. The average molecular weight is 405 g/mol. The highest BCUT2D eigenvalue weighted by molar-refractivity contribution is 6.32. The van der Waals surface area contributed by atoms with E-state index in [1.165, 1.54) is 18.2 Å². The van der Waals surface area contributed by atoms with Crippen LogP contribution in [-0.4, -0.2) is 41.9 Å². The van der Waals surface area contributed by atoms with Gasteiger partial charge in [0.1, 0.15) is 10.6 Å². The molecule has 0 unspecified atom stereocenters. The third-order valence-corrected chi connectivity index (χ3v) is 3.40. The molecule has 0 aliphatic heterocycles. The van der Waals surface area contributed by atoms with Crippen LogP contribution in [-0.2, 0) is 4.74 Å². The number of hydrogen-bond acceptors (Lipinski definition) is 6. The monoisotopic (exact) mass is 404 g/mol. The second kappa shape index (κ2) is 8.12. The maximum atomic E-state index is 12.2. The number of ether oxygens (including phenoxy) is 2. The van der Waals surface area contributed by atoms with Gasteiger partial charge in [-0.15, -0.1) is 0 Å². The van der Waals surface area contributed by atoms with Crippen molar-refractivity contribution in [1.29, 1.82) is 0 Å². The number of aromatic nitrogens is 1. The fourth-order valence-corrected chi connectivity index (χ4v) is 2.14. The van der Waals surface area contributed by atoms with E-state index < -0.39 is 36.3 Å². The largest absolute Gasteiger partial charge is 0.505 e. The highest BCUT2D eigenvalue weighted by Gasteiger charge is 2.29. The number of pyridine rings is 1. The summed E-state index contributed by atoms with van der Waals surface area (Å²) in [4.78, 5) is 27.4. The molecule has 7 nitrogen and oxygen atoms in total. The van der Waals surface area contributed by atoms with Crippen LogP contribution in [0.2, 0.25) is 5.02 Å². The molecule has 144 valence electrons. The maximum absolute atomic E-state index is 12.2. The van der Waals surface area contributed by atoms with E-state index in [1.807, 2.05) is 0 Å². The number of methoxy groups -OCH3 is 1. The Kier molecular flexibility index (Phi) is 6.11. The van der Waals surface area contributed by atoms with E-state index >= 15 is 0 Å². The number of phenols is 1. The molecule has 0 atom stereocenters. The van der Waals surface area contributed by atoms with E-state index in [4.69, 9.17) is 11.6 Å². The van der Waals surface area contributed by atoms with Gasteiger partial charge < -0.3 is 19.9 Å². The molecule has 1 amide bonds. The lowest BCUT2D eigenvalue weighted by atomic mass is 10.1. The van der Waals surface area contributed by atoms with Crippen molar-refractivity contribution < 1.29 is 37.3 Å². The molecule has 1 heterocycles. The van der Waals surface area contributed by atoms with Gasteiger partial charge in [0.15, 0.2) is 12.4 Å². The molecular weight excluding hydrogens is 393 g/mol. The van der Waals surface area contributed by atoms with Gasteiger partial charge in [-0.1, -0.05) is 17.7 Å². The molecule has 27 heavy (non-hydrogen) atoms. The molecule has 0 fully saturated rings. The maximum Gasteiger partial charge on any atom is 0.422 e. The number of aromatic hydroxyl groups is 1. The first kappa shape index (κ1) is 20.3. The van der Waals surface area contributed by atoms with Crippen LogP contribution in [0, 0.1) is 0 Å². The highest BCUT2D eigenvalue weighted by atomic mass is 35.5. The number of halogens is 4. The first-order valence-electron chi connectivity index (χ1n) is 7.19. The van der Waals surface area contributed by atoms with Gasteiger partial charge in [-0.05, 0) is 18.2 Å². The Morgan fingerprint density at radius 3 is 2.63 bits per heavy atom. The predicted octanol–water partition coefficient (Wildman–Crippen LogP) is 3.42. The second-order valence-electron chi connectivity index (χ2n) is 5.06. The van der Waals surface area contributed by atoms with E-state index in [9.17, 15) is 27.9 Å². The Hall–Kier alpha value is -3.01. The molecule has 0 radical (unpaired) electrons. The Morgan fingerprint density at radius 1 is 1.33 bits per heavy atom. The smallest absolute Gasteiger partial charge is 0.422 e. The number of hydrogen-bond donors (Lipinski definition) is 2. The van der Waals surface area contributed by atoms with Crippen LogP contribution in [0.4, 0.5) is 18.9 Å². The molecule has 0 saturated carbocycles. The van der Waals surface area contributed by atoms with Crippen LogP contribution in [0.15, 0.2) is 30.5 Å². The van der Waals surface area contributed by atoms with Crippen molar-refractivity contribution in [1.82, 2.24) is 4.98 Å². The lowest BCUT2D eigenvalue weighted by Gasteiger charge is -2.12. The molecule has 0 spiro atoms. The SMILES string of the molecule is COC(=O)c1cccc(NC(=O)c2cnc(OCC(F)(F)F)c(Cl)c2)c1O. The summed E-state index contributed by atoms with van der Waals surface area (Å²) < 4.78 is 45.4. The second-order valence-corrected chi connectivity index (χ2v) is 5.47. The number of esters is 1. The molecule has 0 bridgehead atoms. The van der Waals surface area contributed by atoms with Gasteiger partial charge in [-0.25, -0.2) is 9.78 Å². The number of nitrogens with zero attached hydrogens (tertiary/aromatic N) is 1. The van der Waals surface area contributed by atoms with Crippen molar-refractivity contribution in [2.45, 2.75) is 6.18 Å². The van der Waals surface area contributed by atoms with Crippen LogP contribution in [0.3, 0.4) is 0 Å². The van der Waals surface area contributed by atoms with Crippen LogP contribution < -0.4 is 10.1 Å². The summed E-state index contributed by atoms with van der Waals surface area (Å²) in [6.45, 7) is -1.58. The van der Waals surface area contributed by atoms with Crippen molar-refractivity contribution >= 4 is 29.2 Å². The number of benzene rings is 1. The third-order valence-electron chi connectivity index (χ3n) is 3.13. The van der Waals surface area contributed by atoms with Crippen molar-refractivity contribution in [3.8, 4) is 11.6 Å². The molecule has 2 rings (SSSR count). The number of para-hydroxylation sites is 1. The molecular formula is C16H12ClF3N2O5. The summed E-state index contributed by atoms with van der Waals surface area (Å²) in [6, 6.07) is 5.08. The number of carbonyl (C=O) groups is 2. The number of anilines is 1. The third kappa shape index (κ3) is 5.23. The zero-order valence-corrected chi connectivity index (χ0v) is 14.4. The molecule has 0 saturated heterocycles. The van der Waals surface area contributed by atoms with E-state index in [2.05, 4.69) is 19.8 Å². The topological polar surface area (TPSA) is 97.8 Å². The molecule has 1 aromatic heterocycles. The number of amides is 1. The number of nitrogens with one attached hydrogen (secondary N) is 1. The minimum Gasteiger partial charge on any atom is -0.505 e. The standard InChI is InChI=1S/C16H12ClF3N2O5/c1-26-15(25)9-3-2-4-11(12(9)23)22-13(24)8-5-10(17)14(21-6-8)27-7-16(18,19)20/h2-6,23H,7H2,1H3,(H,22,24). The zero-order chi connectivity index (χ0) is 20.2. The fraction of sp³-hybridized carbons (Fsp3) is 0.188. The Balaban J connectivity index is 2.17. The average Bonchev–Trinajstić information content (AvgIpc) is 2.61. The first-order chi connectivity index (χ1) is 12.6. The summed E-state index contributed by atoms with van der Waals surface area (Å²) in [6.07, 6.45) is -3.61. The summed E-state index contributed by atoms with van der Waals surface area (Å²) in [5.41, 5.74) is -0.360. The molecule has 0 aliphatic carbocycles. The molecule has 2 N–H and O–H groups in total. The summed E-state index contributed by atoms with van der Waals surface area (Å²) in [7, 11) is 1.13. The van der Waals surface area contributed by atoms with E-state index in [0.29, 0.717) is 0 Å². The van der Waals surface area contributed by atoms with E-state index in [0.717, 1.165) is 19.4 Å². The summed E-state index contributed by atoms with van der Waals surface area (Å²) >= 11 is 5.78. The van der Waals surface area contributed by atoms with Crippen molar-refractivity contribution in [3.05, 3.63) is 46.6 Å². The Labute approximate surface area is 155 Å². The highest BCUT2D eigenvalue weighted by Crippen LogP contribution is 2.29. The van der Waals surface area contributed by atoms with Crippen LogP contribution in [0.25, 0.3) is 0 Å². The van der Waals surface area contributed by atoms with Gasteiger partial charge in [-0.3, -0.25) is 4.79 Å². The molecule has 0 aliphatic rings. The van der Waals surface area contributed by atoms with Gasteiger partial charge in [0.2, 0.25) is 5.88 Å². The minimum absolute atomic E-state index is 0.0866. The normalized spacial score (nSPS) is 11.0. The fourth-order valence-electron chi connectivity index (χ4n) is 1.92. The van der Waals surface area contributed by atoms with Gasteiger partial charge in [0, 0.05) is 6.20 Å². The first-order valence-corrected chi connectivity index (χ1v) is 7.57. The molecule has 2 aromatic rings. The Bertz CT molecular complexity index is 874. The van der Waals surface area contributed by atoms with Crippen molar-refractivity contribution in [2.75, 3.05) is 19.0 Å². The summed E-state index contributed by atoms with van der Waals surface area (Å²) in [5, 5.41) is 12.1. The van der Waals surface area contributed by atoms with Gasteiger partial charge in [0.25, 0.3) is 5.91 Å². The lowest BCUT2D eigenvalue weighted by Crippen LogP contribution is -2.20. The van der Waals surface area contributed by atoms with Crippen LogP contribution in [0.1, 0.15) is 20.7 Å². The van der Waals surface area contributed by atoms with Gasteiger partial charge >= 0.3 is 12.1 Å². The number of alkyl halides is 3. The van der Waals surface area contributed by atoms with E-state index in [-0.39, 0.29) is 21.8 Å². The Morgan fingerprint density at radius 2 is 2.04 bits per heavy atom. The number of phenolic OH excluding ortho intramolecular Hbond substituents is 1.